The third kappa shape index (κ3) is 7.31. The summed E-state index contributed by atoms with van der Waals surface area (Å²) in [4.78, 5) is 90.3. The van der Waals surface area contributed by atoms with E-state index in [1.165, 1.54) is 6.92 Å². The molecule has 9 rings (SSSR count). The molecule has 8 atom stereocenters. The second kappa shape index (κ2) is 16.5. The number of nitrogens with two attached hydrogens (primary N) is 1. The molecule has 14 heteroatoms. The molecule has 4 aliphatic heterocycles. The normalized spacial score (nSPS) is 26.2. The molecule has 1 aromatic heterocycles. The van der Waals surface area contributed by atoms with Crippen LogP contribution < -0.4 is 31.9 Å². The van der Waals surface area contributed by atoms with Crippen LogP contribution in [0, 0.1) is 5.92 Å². The lowest BCUT2D eigenvalue weighted by atomic mass is 9.78. The lowest BCUT2D eigenvalue weighted by molar-refractivity contribution is -0.147. The summed E-state index contributed by atoms with van der Waals surface area (Å²) in [5, 5.41) is 12.4. The number of carbonyl (C=O) groups is 6. The minimum absolute atomic E-state index is 0.0118. The number of rotatable bonds is 8. The molecule has 63 heavy (non-hydrogen) atoms. The Morgan fingerprint density at radius 2 is 1.46 bits per heavy atom. The third-order valence-corrected chi connectivity index (χ3v) is 13.1. The van der Waals surface area contributed by atoms with Crippen molar-refractivity contribution in [1.82, 2.24) is 30.7 Å². The van der Waals surface area contributed by atoms with Crippen molar-refractivity contribution < 1.29 is 28.8 Å². The second-order valence-electron chi connectivity index (χ2n) is 17.8. The highest BCUT2D eigenvalue weighted by atomic mass is 16.2. The number of nitrogens with one attached hydrogen (secondary N) is 4. The number of benzene rings is 4. The summed E-state index contributed by atoms with van der Waals surface area (Å²) in [6, 6.07) is 28.0. The zero-order chi connectivity index (χ0) is 44.2. The minimum atomic E-state index is -1.18. The van der Waals surface area contributed by atoms with E-state index in [2.05, 4.69) is 25.8 Å². The number of nitrogens with zero attached hydrogens (tertiary/aromatic N) is 3. The van der Waals surface area contributed by atoms with E-state index in [4.69, 9.17) is 5.73 Å². The van der Waals surface area contributed by atoms with Crippen molar-refractivity contribution in [3.63, 3.8) is 0 Å². The van der Waals surface area contributed by atoms with E-state index in [9.17, 15) is 24.0 Å². The number of hydrogen-bond acceptors (Lipinski definition) is 7. The average molecular weight is 849 g/mol. The first-order chi connectivity index (χ1) is 30.3. The molecule has 6 N–H and O–H groups in total. The first-order valence-electron chi connectivity index (χ1n) is 21.7. The van der Waals surface area contributed by atoms with Crippen LogP contribution >= 0.6 is 0 Å². The lowest BCUT2D eigenvalue weighted by Crippen LogP contribution is -2.68. The van der Waals surface area contributed by atoms with Crippen LogP contribution in [0.15, 0.2) is 115 Å². The van der Waals surface area contributed by atoms with Crippen LogP contribution in [0.4, 0.5) is 5.69 Å². The topological polar surface area (TPSA) is 188 Å². The maximum atomic E-state index is 15.2. The largest absolute Gasteiger partial charge is 0.343 e. The summed E-state index contributed by atoms with van der Waals surface area (Å²) < 4.78 is 2.11. The predicted octanol–water partition coefficient (Wildman–Crippen LogP) is 3.05. The highest BCUT2D eigenvalue weighted by molar-refractivity contribution is 6.08. The molecule has 0 aliphatic carbocycles. The number of amides is 6. The second-order valence-corrected chi connectivity index (χ2v) is 17.8. The molecule has 5 heterocycles. The molecule has 14 nitrogen and oxygen atoms in total. The van der Waals surface area contributed by atoms with E-state index in [0.717, 1.165) is 27.6 Å². The van der Waals surface area contributed by atoms with Crippen molar-refractivity contribution in [3.05, 3.63) is 138 Å². The summed E-state index contributed by atoms with van der Waals surface area (Å²) >= 11 is 0. The van der Waals surface area contributed by atoms with Gasteiger partial charge in [0.05, 0.1) is 11.7 Å². The summed E-state index contributed by atoms with van der Waals surface area (Å²) in [6.07, 6.45) is 1.95. The number of carbonyl (C=O) groups excluding carboxylic acids is 6. The number of anilines is 1. The van der Waals surface area contributed by atoms with E-state index < -0.39 is 77.5 Å². The lowest BCUT2D eigenvalue weighted by Gasteiger charge is -2.49. The number of piperidine rings is 1. The highest BCUT2D eigenvalue weighted by Gasteiger charge is 2.68. The van der Waals surface area contributed by atoms with Gasteiger partial charge in [-0.3, -0.25) is 33.7 Å². The Kier molecular flexibility index (Phi) is 10.9. The van der Waals surface area contributed by atoms with Crippen molar-refractivity contribution in [2.45, 2.75) is 101 Å². The summed E-state index contributed by atoms with van der Waals surface area (Å²) in [5.74, 6) is -2.98. The van der Waals surface area contributed by atoms with Gasteiger partial charge in [0, 0.05) is 41.9 Å². The number of hydrogen-bond donors (Lipinski definition) is 5. The minimum Gasteiger partial charge on any atom is -0.343 e. The Hall–Kier alpha value is -6.80. The zero-order valence-corrected chi connectivity index (χ0v) is 35.5. The summed E-state index contributed by atoms with van der Waals surface area (Å²) in [7, 11) is 0. The van der Waals surface area contributed by atoms with Crippen molar-refractivity contribution in [1.29, 1.82) is 0 Å². The smallest absolute Gasteiger partial charge is 0.252 e. The molecule has 2 unspecified atom stereocenters. The molecule has 324 valence electrons. The van der Waals surface area contributed by atoms with Gasteiger partial charge in [-0.15, -0.1) is 0 Å². The van der Waals surface area contributed by atoms with Gasteiger partial charge in [-0.25, -0.2) is 0 Å². The fourth-order valence-corrected chi connectivity index (χ4v) is 10.2. The van der Waals surface area contributed by atoms with Crippen LogP contribution in [0.2, 0.25) is 0 Å². The molecule has 4 aliphatic rings. The van der Waals surface area contributed by atoms with Crippen LogP contribution in [0.3, 0.4) is 0 Å². The number of aromatic nitrogens is 1. The Morgan fingerprint density at radius 3 is 2.19 bits per heavy atom. The molecule has 2 fully saturated rings. The molecular weight excluding hydrogens is 797 g/mol. The number of para-hydroxylation sites is 2. The van der Waals surface area contributed by atoms with Gasteiger partial charge in [-0.1, -0.05) is 111 Å². The van der Waals surface area contributed by atoms with E-state index in [1.54, 1.807) is 9.80 Å². The Morgan fingerprint density at radius 1 is 0.794 bits per heavy atom. The standard InChI is InChI=1S/C49H52N8O6/c1-28(2)22-36-45(61)54-38-26-49(34-19-11-13-21-40(34)56-47(63)41(57(46(38)62)48(49)56)24-31-16-8-5-9-17-31)55-27-32(33-18-10-12-20-39(33)55)25-37(44(60)51-29(3)42(58)52-36)53-43(59)35(50)23-30-14-6-4-7-15-30/h4-21,27-29,35-38,41,48H,22-26,50H2,1-3H3,(H,51,60)(H,52,58)(H,53,59)(H,54,61)/t29-,35-,36-,37-,38-,41-,48?,49?/m0/s1. The maximum absolute atomic E-state index is 15.2. The van der Waals surface area contributed by atoms with Gasteiger partial charge in [-0.2, -0.15) is 0 Å². The summed E-state index contributed by atoms with van der Waals surface area (Å²) in [5.41, 5.74) is 9.97. The monoisotopic (exact) mass is 848 g/mol. The van der Waals surface area contributed by atoms with Crippen molar-refractivity contribution >= 4 is 52.0 Å². The van der Waals surface area contributed by atoms with E-state index >= 15 is 4.79 Å². The van der Waals surface area contributed by atoms with Gasteiger partial charge in [-0.05, 0) is 54.5 Å². The average Bonchev–Trinajstić information content (AvgIpc) is 3.89. The molecule has 6 amide bonds. The molecule has 1 spiro atoms. The van der Waals surface area contributed by atoms with Crippen molar-refractivity contribution in [2.75, 3.05) is 4.90 Å². The van der Waals surface area contributed by atoms with Crippen LogP contribution in [-0.2, 0) is 53.6 Å². The van der Waals surface area contributed by atoms with Gasteiger partial charge in [0.25, 0.3) is 5.91 Å². The quantitative estimate of drug-likeness (QED) is 0.159. The van der Waals surface area contributed by atoms with Gasteiger partial charge < -0.3 is 36.5 Å². The van der Waals surface area contributed by atoms with E-state index in [-0.39, 0.29) is 43.9 Å². The Labute approximate surface area is 365 Å². The molecule has 2 saturated heterocycles. The zero-order valence-electron chi connectivity index (χ0n) is 35.5. The SMILES string of the molecule is CC(C)C[C@@H]1NC(=O)[C@H](C)NC(=O)[C@@H](NC(=O)[C@@H](N)Cc2ccccc2)Cc2cn(c3ccccc23)C23C[C@H](NC1=O)C(=O)N1C2N(C(=O)[C@@H]1Cc1ccccc1)c1ccccc13. The highest BCUT2D eigenvalue weighted by Crippen LogP contribution is 2.57. The predicted molar refractivity (Wildman–Crippen MR) is 237 cm³/mol. The van der Waals surface area contributed by atoms with Crippen molar-refractivity contribution in [3.8, 4) is 0 Å². The maximum Gasteiger partial charge on any atom is 0.252 e. The number of fused-ring (bicyclic) bond motifs is 8. The Bertz CT molecular complexity index is 2610. The van der Waals surface area contributed by atoms with Gasteiger partial charge >= 0.3 is 0 Å². The van der Waals surface area contributed by atoms with Crippen LogP contribution in [0.5, 0.6) is 0 Å². The fraction of sp³-hybridized carbons (Fsp3) is 0.347. The van der Waals surface area contributed by atoms with Crippen molar-refractivity contribution in [2.24, 2.45) is 11.7 Å². The third-order valence-electron chi connectivity index (χ3n) is 13.1. The molecule has 0 saturated carbocycles. The van der Waals surface area contributed by atoms with E-state index in [0.29, 0.717) is 11.3 Å². The van der Waals surface area contributed by atoms with Crippen LogP contribution in [0.1, 0.15) is 55.9 Å². The van der Waals surface area contributed by atoms with Gasteiger partial charge in [0.1, 0.15) is 41.9 Å². The van der Waals surface area contributed by atoms with Crippen LogP contribution in [-0.4, -0.2) is 87.3 Å². The molecule has 4 bridgehead atoms. The molecular formula is C49H52N8O6. The fourth-order valence-electron chi connectivity index (χ4n) is 10.2. The summed E-state index contributed by atoms with van der Waals surface area (Å²) in [6.45, 7) is 5.36. The first-order valence-corrected chi connectivity index (χ1v) is 21.7. The Balaban J connectivity index is 1.22. The molecule has 4 aromatic carbocycles. The first kappa shape index (κ1) is 41.5. The molecule has 5 aromatic rings. The van der Waals surface area contributed by atoms with E-state index in [1.807, 2.05) is 129 Å². The molecule has 0 radical (unpaired) electrons. The van der Waals surface area contributed by atoms with Crippen LogP contribution in [0.25, 0.3) is 10.9 Å². The van der Waals surface area contributed by atoms with Gasteiger partial charge in [0.15, 0.2) is 0 Å². The van der Waals surface area contributed by atoms with Gasteiger partial charge in [0.2, 0.25) is 29.5 Å².